The Morgan fingerprint density at radius 3 is 2.54 bits per heavy atom. The summed E-state index contributed by atoms with van der Waals surface area (Å²) in [6.07, 6.45) is 8.92. The number of rotatable bonds is 10. The summed E-state index contributed by atoms with van der Waals surface area (Å²) in [7, 11) is -2.50. The molecule has 4 aliphatic rings. The van der Waals surface area contributed by atoms with Crippen LogP contribution in [0.4, 0.5) is 5.69 Å². The SMILES string of the molecule is COc1ccc2c(O[C@@H]3C[C@H]4C(=O)N[C@]5(C(=O)NS(=O)(=O)N6CCCC6)C[C@@H]5/C=C\CCCCC[C@H](Nc5ccccc5)C(=O)N4C3)cc(-c3nc(C(C)C)cs3)nc2c1C. The van der Waals surface area contributed by atoms with E-state index in [-0.39, 0.29) is 31.2 Å². The van der Waals surface area contributed by atoms with Crippen LogP contribution in [0.2, 0.25) is 0 Å². The third-order valence-corrected chi connectivity index (χ3v) is 14.8. The molecule has 14 nitrogen and oxygen atoms in total. The zero-order valence-electron chi connectivity index (χ0n) is 35.2. The highest BCUT2D eigenvalue weighted by Gasteiger charge is 2.62. The third-order valence-electron chi connectivity index (χ3n) is 12.4. The quantitative estimate of drug-likeness (QED) is 0.150. The Hall–Kier alpha value is -5.06. The molecule has 2 aromatic heterocycles. The van der Waals surface area contributed by atoms with Crippen LogP contribution < -0.4 is 24.8 Å². The minimum absolute atomic E-state index is 0.0960. The number of nitrogens with one attached hydrogen (secondary N) is 3. The van der Waals surface area contributed by atoms with Crippen LogP contribution in [0, 0.1) is 12.8 Å². The molecule has 0 radical (unpaired) electrons. The summed E-state index contributed by atoms with van der Waals surface area (Å²) >= 11 is 1.51. The van der Waals surface area contributed by atoms with Crippen molar-refractivity contribution in [3.63, 3.8) is 0 Å². The van der Waals surface area contributed by atoms with Crippen LogP contribution in [0.25, 0.3) is 21.6 Å². The topological polar surface area (TPSA) is 172 Å². The number of para-hydroxylation sites is 1. The van der Waals surface area contributed by atoms with Crippen molar-refractivity contribution in [2.45, 2.75) is 108 Å². The molecular formula is C45H55N7O7S2. The number of pyridine rings is 1. The first-order chi connectivity index (χ1) is 29.4. The van der Waals surface area contributed by atoms with Crippen molar-refractivity contribution in [2.75, 3.05) is 32.1 Å². The summed E-state index contributed by atoms with van der Waals surface area (Å²) in [6, 6.07) is 13.5. The molecule has 4 aromatic rings. The van der Waals surface area contributed by atoms with E-state index in [2.05, 4.69) is 29.2 Å². The van der Waals surface area contributed by atoms with Crippen molar-refractivity contribution >= 4 is 55.9 Å². The number of aromatic nitrogens is 2. The number of thiazole rings is 1. The van der Waals surface area contributed by atoms with Gasteiger partial charge >= 0.3 is 10.2 Å². The largest absolute Gasteiger partial charge is 0.496 e. The normalized spacial score (nSPS) is 25.6. The van der Waals surface area contributed by atoms with E-state index in [0.717, 1.165) is 53.0 Å². The number of benzene rings is 2. The van der Waals surface area contributed by atoms with Crippen LogP contribution in [0.5, 0.6) is 11.5 Å². The van der Waals surface area contributed by atoms with Gasteiger partial charge in [-0.1, -0.05) is 57.0 Å². The number of nitrogens with zero attached hydrogens (tertiary/aromatic N) is 4. The number of carbonyl (C=O) groups excluding carboxylic acids is 3. The van der Waals surface area contributed by atoms with Crippen molar-refractivity contribution in [1.82, 2.24) is 29.2 Å². The number of ether oxygens (including phenoxy) is 2. The zero-order valence-corrected chi connectivity index (χ0v) is 36.8. The molecule has 5 heterocycles. The van der Waals surface area contributed by atoms with Crippen LogP contribution in [0.15, 0.2) is 66.1 Å². The molecular weight excluding hydrogens is 815 g/mol. The Kier molecular flexibility index (Phi) is 12.4. The summed E-state index contributed by atoms with van der Waals surface area (Å²) in [6.45, 7) is 6.88. The van der Waals surface area contributed by atoms with Crippen molar-refractivity contribution in [2.24, 2.45) is 5.92 Å². The first kappa shape index (κ1) is 42.6. The second-order valence-corrected chi connectivity index (χ2v) is 19.5. The molecule has 2 saturated heterocycles. The molecule has 1 aliphatic carbocycles. The Morgan fingerprint density at radius 2 is 1.80 bits per heavy atom. The van der Waals surface area contributed by atoms with Gasteiger partial charge in [-0.2, -0.15) is 12.7 Å². The smallest absolute Gasteiger partial charge is 0.303 e. The van der Waals surface area contributed by atoms with Crippen LogP contribution in [-0.2, 0) is 24.6 Å². The van der Waals surface area contributed by atoms with Gasteiger partial charge in [0.15, 0.2) is 0 Å². The molecule has 2 aromatic carbocycles. The average molecular weight is 870 g/mol. The maximum Gasteiger partial charge on any atom is 0.303 e. The van der Waals surface area contributed by atoms with E-state index >= 15 is 0 Å². The number of amides is 3. The molecule has 0 unspecified atom stereocenters. The molecule has 16 heteroatoms. The molecule has 0 bridgehead atoms. The van der Waals surface area contributed by atoms with E-state index in [4.69, 9.17) is 19.4 Å². The zero-order chi connectivity index (χ0) is 42.9. The second-order valence-electron chi connectivity index (χ2n) is 17.0. The van der Waals surface area contributed by atoms with Crippen LogP contribution in [0.1, 0.15) is 88.8 Å². The van der Waals surface area contributed by atoms with Crippen LogP contribution in [-0.4, -0.2) is 95.8 Å². The van der Waals surface area contributed by atoms with Crippen molar-refractivity contribution < 1.29 is 32.3 Å². The summed E-state index contributed by atoms with van der Waals surface area (Å²) in [5.41, 5.74) is 2.41. The molecule has 3 N–H and O–H groups in total. The first-order valence-electron chi connectivity index (χ1n) is 21.4. The van der Waals surface area contributed by atoms with Gasteiger partial charge in [0.1, 0.15) is 45.9 Å². The Labute approximate surface area is 361 Å². The summed E-state index contributed by atoms with van der Waals surface area (Å²) in [4.78, 5) is 55.2. The number of anilines is 1. The fraction of sp³-hybridized carbons (Fsp3) is 0.489. The number of allylic oxidation sites excluding steroid dienone is 1. The number of fused-ring (bicyclic) bond motifs is 3. The van der Waals surface area contributed by atoms with Crippen LogP contribution in [0.3, 0.4) is 0 Å². The van der Waals surface area contributed by atoms with Gasteiger partial charge in [-0.15, -0.1) is 11.3 Å². The van der Waals surface area contributed by atoms with E-state index < -0.39 is 51.7 Å². The summed E-state index contributed by atoms with van der Waals surface area (Å²) in [5.74, 6) is -0.541. The van der Waals surface area contributed by atoms with Gasteiger partial charge in [-0.25, -0.2) is 14.7 Å². The van der Waals surface area contributed by atoms with Gasteiger partial charge in [0.05, 0.1) is 24.9 Å². The maximum atomic E-state index is 14.9. The molecule has 3 fully saturated rings. The molecule has 3 amide bonds. The van der Waals surface area contributed by atoms with E-state index in [0.29, 0.717) is 55.1 Å². The highest BCUT2D eigenvalue weighted by Crippen LogP contribution is 2.46. The Morgan fingerprint density at radius 1 is 1.02 bits per heavy atom. The van der Waals surface area contributed by atoms with Crippen molar-refractivity contribution in [3.05, 3.63) is 77.3 Å². The monoisotopic (exact) mass is 869 g/mol. The number of hydrogen-bond acceptors (Lipinski definition) is 11. The Balaban J connectivity index is 1.14. The van der Waals surface area contributed by atoms with Gasteiger partial charge in [0, 0.05) is 53.5 Å². The standard InChI is InChI=1S/C45H55N7O7S2/c1-28(2)36-27-60-42(48-36)35-24-39(33-19-20-38(58-4)29(3)40(33)47-35)59-32-23-37-41(53)49-45(44(55)50-61(56,57)51-21-13-14-22-51)25-30(45)15-9-6-5-7-12-18-34(43(54)52(37)26-32)46-31-16-10-8-11-17-31/h8-11,15-17,19-20,24,27-28,30,32,34,37,46H,5-7,12-14,18,21-23,25-26H2,1-4H3,(H,49,53)(H,50,55)/b15-9-/t30-,32+,34-,37-,45+/m0/s1. The summed E-state index contributed by atoms with van der Waals surface area (Å²) in [5, 5.41) is 9.96. The van der Waals surface area contributed by atoms with Gasteiger partial charge < -0.3 is 25.0 Å². The molecule has 8 rings (SSSR count). The van der Waals surface area contributed by atoms with Gasteiger partial charge in [-0.3, -0.25) is 14.4 Å². The molecule has 324 valence electrons. The minimum atomic E-state index is -4.11. The second kappa shape index (κ2) is 17.7. The molecule has 61 heavy (non-hydrogen) atoms. The van der Waals surface area contributed by atoms with E-state index in [9.17, 15) is 22.8 Å². The van der Waals surface area contributed by atoms with Gasteiger partial charge in [0.25, 0.3) is 5.91 Å². The number of aryl methyl sites for hydroxylation is 1. The summed E-state index contributed by atoms with van der Waals surface area (Å²) < 4.78 is 42.8. The predicted molar refractivity (Wildman–Crippen MR) is 236 cm³/mol. The lowest BCUT2D eigenvalue weighted by Gasteiger charge is -2.30. The first-order valence-corrected chi connectivity index (χ1v) is 23.7. The third kappa shape index (κ3) is 8.98. The lowest BCUT2D eigenvalue weighted by atomic mass is 10.0. The van der Waals surface area contributed by atoms with Gasteiger partial charge in [-0.05, 0) is 75.6 Å². The minimum Gasteiger partial charge on any atom is -0.496 e. The highest BCUT2D eigenvalue weighted by atomic mass is 32.2. The van der Waals surface area contributed by atoms with E-state index in [1.807, 2.05) is 73.0 Å². The Bertz CT molecular complexity index is 2420. The number of carbonyl (C=O) groups is 3. The molecule has 0 spiro atoms. The average Bonchev–Trinajstić information content (AvgIpc) is 3.75. The van der Waals surface area contributed by atoms with Crippen molar-refractivity contribution in [3.8, 4) is 22.2 Å². The molecule has 5 atom stereocenters. The fourth-order valence-electron chi connectivity index (χ4n) is 8.76. The van der Waals surface area contributed by atoms with Crippen LogP contribution >= 0.6 is 11.3 Å². The number of hydrogen-bond donors (Lipinski definition) is 3. The highest BCUT2D eigenvalue weighted by molar-refractivity contribution is 7.87. The lowest BCUT2D eigenvalue weighted by Crippen LogP contribution is -2.58. The lowest BCUT2D eigenvalue weighted by molar-refractivity contribution is -0.140. The van der Waals surface area contributed by atoms with E-state index in [1.165, 1.54) is 15.6 Å². The maximum absolute atomic E-state index is 14.9. The molecule has 3 aliphatic heterocycles. The van der Waals surface area contributed by atoms with E-state index in [1.54, 1.807) is 12.0 Å². The van der Waals surface area contributed by atoms with Gasteiger partial charge in [0.2, 0.25) is 11.8 Å². The molecule has 1 saturated carbocycles. The van der Waals surface area contributed by atoms with Crippen molar-refractivity contribution in [1.29, 1.82) is 0 Å². The number of methoxy groups -OCH3 is 1. The fourth-order valence-corrected chi connectivity index (χ4v) is 11.0. The predicted octanol–water partition coefficient (Wildman–Crippen LogP) is 6.48.